The minimum absolute atomic E-state index is 0.0435. The van der Waals surface area contributed by atoms with Crippen molar-refractivity contribution in [3.8, 4) is 0 Å². The summed E-state index contributed by atoms with van der Waals surface area (Å²) in [7, 11) is 5.95. The maximum Gasteiger partial charge on any atom is 0.223 e. The van der Waals surface area contributed by atoms with Crippen molar-refractivity contribution < 1.29 is 14.3 Å². The van der Waals surface area contributed by atoms with E-state index in [-0.39, 0.29) is 23.8 Å². The third-order valence-corrected chi connectivity index (χ3v) is 5.09. The van der Waals surface area contributed by atoms with E-state index in [1.807, 2.05) is 7.05 Å². The maximum absolute atomic E-state index is 12.6. The zero-order valence-electron chi connectivity index (χ0n) is 14.7. The second-order valence-corrected chi connectivity index (χ2v) is 7.12. The van der Waals surface area contributed by atoms with Crippen LogP contribution in [0.3, 0.4) is 0 Å². The summed E-state index contributed by atoms with van der Waals surface area (Å²) in [4.78, 5) is 28.9. The first-order valence-electron chi connectivity index (χ1n) is 8.76. The van der Waals surface area contributed by atoms with Crippen LogP contribution in [-0.4, -0.2) is 74.6 Å². The summed E-state index contributed by atoms with van der Waals surface area (Å²) in [5, 5.41) is 3.13. The van der Waals surface area contributed by atoms with E-state index >= 15 is 0 Å². The topological polar surface area (TPSA) is 61.9 Å². The molecule has 2 fully saturated rings. The van der Waals surface area contributed by atoms with Crippen LogP contribution in [0.2, 0.25) is 0 Å². The van der Waals surface area contributed by atoms with Crippen molar-refractivity contribution in [3.63, 3.8) is 0 Å². The molecule has 2 heterocycles. The van der Waals surface area contributed by atoms with Gasteiger partial charge in [0.25, 0.3) is 0 Å². The minimum Gasteiger partial charge on any atom is -0.381 e. The molecule has 2 aliphatic rings. The first-order chi connectivity index (χ1) is 11.0. The highest BCUT2D eigenvalue weighted by atomic mass is 16.5. The number of carbonyl (C=O) groups excluding carboxylic acids is 2. The van der Waals surface area contributed by atoms with Crippen LogP contribution in [0, 0.1) is 5.92 Å². The molecule has 132 valence electrons. The number of ether oxygens (including phenoxy) is 1. The summed E-state index contributed by atoms with van der Waals surface area (Å²) >= 11 is 0. The molecule has 0 bridgehead atoms. The highest BCUT2D eigenvalue weighted by Crippen LogP contribution is 2.21. The zero-order chi connectivity index (χ0) is 16.8. The lowest BCUT2D eigenvalue weighted by molar-refractivity contribution is -0.136. The Hall–Kier alpha value is -1.14. The van der Waals surface area contributed by atoms with E-state index < -0.39 is 0 Å². The van der Waals surface area contributed by atoms with Gasteiger partial charge in [-0.3, -0.25) is 9.59 Å². The molecule has 0 aromatic rings. The molecule has 0 saturated carbocycles. The fourth-order valence-corrected chi connectivity index (χ4v) is 3.38. The van der Waals surface area contributed by atoms with Crippen LogP contribution in [0.4, 0.5) is 0 Å². The Labute approximate surface area is 139 Å². The first-order valence-corrected chi connectivity index (χ1v) is 8.76. The van der Waals surface area contributed by atoms with Crippen LogP contribution in [0.25, 0.3) is 0 Å². The highest BCUT2D eigenvalue weighted by Gasteiger charge is 2.29. The minimum atomic E-state index is -0.200. The van der Waals surface area contributed by atoms with E-state index in [0.717, 1.165) is 38.6 Å². The molecule has 6 nitrogen and oxygen atoms in total. The van der Waals surface area contributed by atoms with Gasteiger partial charge in [-0.2, -0.15) is 0 Å². The summed E-state index contributed by atoms with van der Waals surface area (Å²) in [5.41, 5.74) is 0. The van der Waals surface area contributed by atoms with Crippen LogP contribution in [0.1, 0.15) is 38.5 Å². The van der Waals surface area contributed by atoms with Gasteiger partial charge in [-0.1, -0.05) is 6.42 Å². The fraction of sp³-hybridized carbons (Fsp3) is 0.882. The van der Waals surface area contributed by atoms with Crippen molar-refractivity contribution in [1.29, 1.82) is 0 Å². The van der Waals surface area contributed by atoms with Crippen LogP contribution < -0.4 is 5.32 Å². The van der Waals surface area contributed by atoms with E-state index in [1.54, 1.807) is 4.90 Å². The molecular formula is C17H31N3O3. The fourth-order valence-electron chi connectivity index (χ4n) is 3.38. The molecule has 2 atom stereocenters. The lowest BCUT2D eigenvalue weighted by atomic mass is 9.95. The van der Waals surface area contributed by atoms with Gasteiger partial charge in [-0.05, 0) is 39.8 Å². The molecule has 2 aliphatic heterocycles. The SMILES string of the molecule is CN1CC(N(C)C)CCCC(C(=O)NC2CCOCC2)CC1=O. The number of likely N-dealkylation sites (N-methyl/N-ethyl adjacent to an activating group) is 2. The van der Waals surface area contributed by atoms with E-state index in [4.69, 9.17) is 4.74 Å². The number of nitrogens with one attached hydrogen (secondary N) is 1. The van der Waals surface area contributed by atoms with Crippen molar-refractivity contribution in [1.82, 2.24) is 15.1 Å². The molecular weight excluding hydrogens is 294 g/mol. The van der Waals surface area contributed by atoms with Gasteiger partial charge >= 0.3 is 0 Å². The van der Waals surface area contributed by atoms with E-state index in [2.05, 4.69) is 24.3 Å². The average Bonchev–Trinajstić information content (AvgIpc) is 2.59. The largest absolute Gasteiger partial charge is 0.381 e. The Morgan fingerprint density at radius 2 is 1.91 bits per heavy atom. The third-order valence-electron chi connectivity index (χ3n) is 5.09. The smallest absolute Gasteiger partial charge is 0.223 e. The maximum atomic E-state index is 12.6. The molecule has 0 aromatic heterocycles. The lowest BCUT2D eigenvalue weighted by Gasteiger charge is -2.28. The number of nitrogens with zero attached hydrogens (tertiary/aromatic N) is 2. The van der Waals surface area contributed by atoms with E-state index in [1.165, 1.54) is 0 Å². The van der Waals surface area contributed by atoms with Gasteiger partial charge in [0, 0.05) is 51.2 Å². The standard InChI is InChI=1S/C17H31N3O3/c1-19(2)15-6-4-5-13(11-16(21)20(3)12-15)17(22)18-14-7-9-23-10-8-14/h13-15H,4-12H2,1-3H3,(H,18,22). The Kier molecular flexibility index (Phi) is 6.84. The molecule has 0 spiro atoms. The van der Waals surface area contributed by atoms with Gasteiger partial charge in [-0.25, -0.2) is 0 Å². The summed E-state index contributed by atoms with van der Waals surface area (Å²) in [6.07, 6.45) is 4.86. The Balaban J connectivity index is 1.95. The second-order valence-electron chi connectivity index (χ2n) is 7.12. The molecule has 2 rings (SSSR count). The predicted octanol–water partition coefficient (Wildman–Crippen LogP) is 0.860. The normalized spacial score (nSPS) is 28.2. The molecule has 0 radical (unpaired) electrons. The van der Waals surface area contributed by atoms with Crippen molar-refractivity contribution >= 4 is 11.8 Å². The van der Waals surface area contributed by atoms with Crippen molar-refractivity contribution in [2.24, 2.45) is 5.92 Å². The van der Waals surface area contributed by atoms with Gasteiger partial charge in [0.2, 0.25) is 11.8 Å². The quantitative estimate of drug-likeness (QED) is 0.836. The number of carbonyl (C=O) groups is 2. The Morgan fingerprint density at radius 3 is 2.57 bits per heavy atom. The summed E-state index contributed by atoms with van der Waals surface area (Å²) in [6.45, 7) is 2.16. The molecule has 1 N–H and O–H groups in total. The van der Waals surface area contributed by atoms with Crippen LogP contribution in [0.15, 0.2) is 0 Å². The van der Waals surface area contributed by atoms with Gasteiger partial charge in [0.05, 0.1) is 0 Å². The second kappa shape index (κ2) is 8.64. The van der Waals surface area contributed by atoms with Gasteiger partial charge in [0.1, 0.15) is 0 Å². The Bertz CT molecular complexity index is 408. The first kappa shape index (κ1) is 18.2. The summed E-state index contributed by atoms with van der Waals surface area (Å²) in [6, 6.07) is 0.562. The van der Waals surface area contributed by atoms with Crippen LogP contribution >= 0.6 is 0 Å². The van der Waals surface area contributed by atoms with Crippen molar-refractivity contribution in [2.45, 2.75) is 50.6 Å². The molecule has 0 aromatic carbocycles. The van der Waals surface area contributed by atoms with E-state index in [9.17, 15) is 9.59 Å². The molecule has 2 unspecified atom stereocenters. The highest BCUT2D eigenvalue weighted by molar-refractivity contribution is 5.86. The molecule has 0 aliphatic carbocycles. The molecule has 23 heavy (non-hydrogen) atoms. The van der Waals surface area contributed by atoms with Crippen LogP contribution in [0.5, 0.6) is 0 Å². The molecule has 6 heteroatoms. The summed E-state index contributed by atoms with van der Waals surface area (Å²) in [5.74, 6) is -0.0819. The van der Waals surface area contributed by atoms with Crippen molar-refractivity contribution in [3.05, 3.63) is 0 Å². The Morgan fingerprint density at radius 1 is 1.22 bits per heavy atom. The number of rotatable bonds is 3. The molecule has 2 saturated heterocycles. The zero-order valence-corrected chi connectivity index (χ0v) is 14.7. The lowest BCUT2D eigenvalue weighted by Crippen LogP contribution is -2.43. The summed E-state index contributed by atoms with van der Waals surface area (Å²) < 4.78 is 5.33. The predicted molar refractivity (Wildman–Crippen MR) is 89.1 cm³/mol. The van der Waals surface area contributed by atoms with Gasteiger partial charge < -0.3 is 19.9 Å². The van der Waals surface area contributed by atoms with E-state index in [0.29, 0.717) is 25.7 Å². The monoisotopic (exact) mass is 325 g/mol. The van der Waals surface area contributed by atoms with Gasteiger partial charge in [0.15, 0.2) is 0 Å². The number of amides is 2. The number of hydrogen-bond acceptors (Lipinski definition) is 4. The van der Waals surface area contributed by atoms with Crippen molar-refractivity contribution in [2.75, 3.05) is 40.9 Å². The third kappa shape index (κ3) is 5.46. The number of hydrogen-bond donors (Lipinski definition) is 1. The molecule has 2 amide bonds. The van der Waals surface area contributed by atoms with Crippen LogP contribution in [-0.2, 0) is 14.3 Å². The van der Waals surface area contributed by atoms with Gasteiger partial charge in [-0.15, -0.1) is 0 Å². The average molecular weight is 325 g/mol.